The van der Waals surface area contributed by atoms with Crippen molar-refractivity contribution in [2.75, 3.05) is 18.4 Å². The van der Waals surface area contributed by atoms with Crippen molar-refractivity contribution < 1.29 is 26.7 Å². The molecule has 8 nitrogen and oxygen atoms in total. The van der Waals surface area contributed by atoms with Crippen LogP contribution in [0.25, 0.3) is 10.9 Å². The SMILES string of the molecule is CC(C)C(CNCCCC1(c2cc3c(Nc4ccc(OCc5cccc(F)c5)c(Cl)c4)ncnc3cc2F)CC=CO1)=S(=O)=O. The molecule has 1 atom stereocenters. The lowest BCUT2D eigenvalue weighted by Crippen LogP contribution is -2.31. The van der Waals surface area contributed by atoms with Crippen molar-refractivity contribution in [3.05, 3.63) is 101 Å². The molecule has 4 aromatic rings. The average Bonchev–Trinajstić information content (AvgIpc) is 3.47. The molecular formula is C33H33ClF2N4O4S. The molecule has 0 saturated heterocycles. The third-order valence-electron chi connectivity index (χ3n) is 7.62. The summed E-state index contributed by atoms with van der Waals surface area (Å²) in [4.78, 5) is 9.10. The largest absolute Gasteiger partial charge is 0.490 e. The van der Waals surface area contributed by atoms with E-state index in [0.717, 1.165) is 0 Å². The number of nitrogens with one attached hydrogen (secondary N) is 2. The van der Waals surface area contributed by atoms with Gasteiger partial charge >= 0.3 is 0 Å². The molecule has 0 amide bonds. The fourth-order valence-electron chi connectivity index (χ4n) is 5.25. The zero-order valence-corrected chi connectivity index (χ0v) is 26.4. The Labute approximate surface area is 267 Å². The van der Waals surface area contributed by atoms with Gasteiger partial charge in [0.1, 0.15) is 41.7 Å². The van der Waals surface area contributed by atoms with Crippen molar-refractivity contribution in [2.24, 2.45) is 5.92 Å². The highest BCUT2D eigenvalue weighted by Gasteiger charge is 2.38. The quantitative estimate of drug-likeness (QED) is 0.116. The lowest BCUT2D eigenvalue weighted by molar-refractivity contribution is 0.0273. The second-order valence-corrected chi connectivity index (χ2v) is 12.5. The van der Waals surface area contributed by atoms with Crippen LogP contribution in [0.3, 0.4) is 0 Å². The molecule has 1 aliphatic heterocycles. The number of rotatable bonds is 13. The Morgan fingerprint density at radius 1 is 1.13 bits per heavy atom. The Kier molecular flexibility index (Phi) is 10.3. The molecule has 1 aliphatic rings. The number of benzene rings is 3. The first-order valence-corrected chi connectivity index (χ1v) is 16.0. The molecule has 1 unspecified atom stereocenters. The van der Waals surface area contributed by atoms with Crippen LogP contribution in [-0.2, 0) is 27.2 Å². The first-order valence-electron chi connectivity index (χ1n) is 14.5. The fourth-order valence-corrected chi connectivity index (χ4v) is 6.09. The number of hydrogen-bond acceptors (Lipinski definition) is 8. The molecule has 0 fully saturated rings. The van der Waals surface area contributed by atoms with Crippen LogP contribution in [0.2, 0.25) is 5.02 Å². The van der Waals surface area contributed by atoms with Crippen LogP contribution in [0, 0.1) is 17.6 Å². The number of hydrogen-bond donors (Lipinski definition) is 2. The summed E-state index contributed by atoms with van der Waals surface area (Å²) in [6, 6.07) is 14.4. The zero-order chi connectivity index (χ0) is 32.0. The molecule has 0 spiro atoms. The van der Waals surface area contributed by atoms with Crippen molar-refractivity contribution in [1.29, 1.82) is 0 Å². The lowest BCUT2D eigenvalue weighted by Gasteiger charge is -2.30. The van der Waals surface area contributed by atoms with E-state index in [0.29, 0.717) is 75.0 Å². The normalized spacial score (nSPS) is 15.8. The average molecular weight is 655 g/mol. The van der Waals surface area contributed by atoms with Gasteiger partial charge in [-0.3, -0.25) is 0 Å². The van der Waals surface area contributed by atoms with Crippen LogP contribution in [0.15, 0.2) is 73.3 Å². The van der Waals surface area contributed by atoms with Gasteiger partial charge in [-0.2, -0.15) is 8.42 Å². The van der Waals surface area contributed by atoms with Crippen LogP contribution >= 0.6 is 11.6 Å². The van der Waals surface area contributed by atoms with E-state index in [1.165, 1.54) is 24.5 Å². The van der Waals surface area contributed by atoms with Gasteiger partial charge in [0.2, 0.25) is 10.3 Å². The highest BCUT2D eigenvalue weighted by atomic mass is 35.5. The molecular weight excluding hydrogens is 622 g/mol. The fraction of sp³-hybridized carbons (Fsp3) is 0.303. The second-order valence-electron chi connectivity index (χ2n) is 11.1. The van der Waals surface area contributed by atoms with E-state index in [1.807, 2.05) is 19.9 Å². The zero-order valence-electron chi connectivity index (χ0n) is 24.8. The smallest absolute Gasteiger partial charge is 0.214 e. The van der Waals surface area contributed by atoms with E-state index in [1.54, 1.807) is 42.7 Å². The van der Waals surface area contributed by atoms with E-state index in [4.69, 9.17) is 21.1 Å². The molecule has 0 bridgehead atoms. The molecule has 2 N–H and O–H groups in total. The van der Waals surface area contributed by atoms with Gasteiger partial charge in [0.25, 0.3) is 0 Å². The first kappa shape index (κ1) is 32.3. The summed E-state index contributed by atoms with van der Waals surface area (Å²) in [7, 11) is -2.25. The summed E-state index contributed by atoms with van der Waals surface area (Å²) in [5, 5.41) is 7.38. The van der Waals surface area contributed by atoms with Gasteiger partial charge in [-0.05, 0) is 73.3 Å². The van der Waals surface area contributed by atoms with Gasteiger partial charge in [-0.15, -0.1) is 0 Å². The Balaban J connectivity index is 1.33. The van der Waals surface area contributed by atoms with Crippen molar-refractivity contribution in [1.82, 2.24) is 15.3 Å². The molecule has 0 aliphatic carbocycles. The van der Waals surface area contributed by atoms with E-state index in [2.05, 4.69) is 20.6 Å². The molecule has 1 aromatic heterocycles. The maximum atomic E-state index is 15.6. The minimum absolute atomic E-state index is 0.0877. The molecule has 2 heterocycles. The first-order chi connectivity index (χ1) is 21.6. The van der Waals surface area contributed by atoms with Crippen LogP contribution in [-0.4, -0.2) is 36.3 Å². The maximum Gasteiger partial charge on any atom is 0.214 e. The summed E-state index contributed by atoms with van der Waals surface area (Å²) >= 11 is 6.50. The van der Waals surface area contributed by atoms with Gasteiger partial charge in [0, 0.05) is 35.7 Å². The van der Waals surface area contributed by atoms with E-state index < -0.39 is 21.7 Å². The highest BCUT2D eigenvalue weighted by molar-refractivity contribution is 7.73. The Morgan fingerprint density at radius 3 is 2.69 bits per heavy atom. The standard InChI is InChI=1S/C33H33ClF2N4O4S/c1-21(2)31(45(41)42)18-37-12-4-10-33(11-5-13-44-33)26-16-25-29(17-28(26)36)38-20-39-32(25)40-24-8-9-30(27(34)15-24)43-19-22-6-3-7-23(35)14-22/h3,5-9,13-17,20-21,37H,4,10-12,18-19H2,1-2H3,(H,38,39,40). The minimum Gasteiger partial charge on any atom is -0.490 e. The lowest BCUT2D eigenvalue weighted by atomic mass is 9.85. The Bertz CT molecular complexity index is 1850. The number of anilines is 2. The summed E-state index contributed by atoms with van der Waals surface area (Å²) in [5.41, 5.74) is 1.17. The van der Waals surface area contributed by atoms with Crippen molar-refractivity contribution in [3.8, 4) is 5.75 Å². The summed E-state index contributed by atoms with van der Waals surface area (Å²) in [5.74, 6) is 0.0202. The molecule has 5 rings (SSSR count). The molecule has 0 saturated carbocycles. The molecule has 12 heteroatoms. The predicted octanol–water partition coefficient (Wildman–Crippen LogP) is 7.09. The topological polar surface area (TPSA) is 102 Å². The molecule has 0 radical (unpaired) electrons. The number of aromatic nitrogens is 2. The van der Waals surface area contributed by atoms with Crippen molar-refractivity contribution >= 4 is 49.2 Å². The Morgan fingerprint density at radius 2 is 1.98 bits per heavy atom. The van der Waals surface area contributed by atoms with Gasteiger partial charge in [0.05, 0.1) is 21.7 Å². The van der Waals surface area contributed by atoms with Gasteiger partial charge in [0.15, 0.2) is 0 Å². The molecule has 236 valence electrons. The number of halogens is 3. The number of fused-ring (bicyclic) bond motifs is 1. The van der Waals surface area contributed by atoms with E-state index in [-0.39, 0.29) is 24.9 Å². The summed E-state index contributed by atoms with van der Waals surface area (Å²) in [6.07, 6.45) is 6.40. The minimum atomic E-state index is -2.25. The van der Waals surface area contributed by atoms with Crippen LogP contribution in [0.1, 0.15) is 44.2 Å². The van der Waals surface area contributed by atoms with Gasteiger partial charge in [-0.25, -0.2) is 18.7 Å². The van der Waals surface area contributed by atoms with E-state index >= 15 is 4.39 Å². The van der Waals surface area contributed by atoms with Crippen LogP contribution in [0.5, 0.6) is 5.75 Å². The maximum absolute atomic E-state index is 15.6. The predicted molar refractivity (Wildman–Crippen MR) is 172 cm³/mol. The third kappa shape index (κ3) is 7.78. The second kappa shape index (κ2) is 14.4. The number of ether oxygens (including phenoxy) is 2. The van der Waals surface area contributed by atoms with Crippen molar-refractivity contribution in [2.45, 2.75) is 45.3 Å². The highest BCUT2D eigenvalue weighted by Crippen LogP contribution is 2.42. The van der Waals surface area contributed by atoms with Crippen molar-refractivity contribution in [3.63, 3.8) is 0 Å². The number of nitrogens with zero attached hydrogens (tertiary/aromatic N) is 2. The van der Waals surface area contributed by atoms with E-state index in [9.17, 15) is 12.8 Å². The monoisotopic (exact) mass is 654 g/mol. The van der Waals surface area contributed by atoms with Gasteiger partial charge in [-0.1, -0.05) is 37.6 Å². The summed E-state index contributed by atoms with van der Waals surface area (Å²) < 4.78 is 63.9. The Hall–Kier alpha value is -4.06. The molecule has 3 aromatic carbocycles. The van der Waals surface area contributed by atoms with Crippen LogP contribution < -0.4 is 15.4 Å². The third-order valence-corrected chi connectivity index (χ3v) is 8.96. The van der Waals surface area contributed by atoms with Crippen LogP contribution in [0.4, 0.5) is 20.3 Å². The molecule has 45 heavy (non-hydrogen) atoms. The van der Waals surface area contributed by atoms with Gasteiger partial charge < -0.3 is 20.1 Å². The summed E-state index contributed by atoms with van der Waals surface area (Å²) in [6.45, 7) is 4.63.